The summed E-state index contributed by atoms with van der Waals surface area (Å²) >= 11 is 1.90. The molecule has 1 N–H and O–H groups in total. The maximum atomic E-state index is 4.82. The number of amidine groups is 1. The quantitative estimate of drug-likeness (QED) is 0.850. The van der Waals surface area contributed by atoms with Gasteiger partial charge in [-0.3, -0.25) is 9.89 Å². The largest absolute Gasteiger partial charge is 0.362 e. The number of nitrogens with zero attached hydrogens (tertiary/aromatic N) is 2. The molecular weight excluding hydrogens is 242 g/mol. The number of aliphatic imine (C=N–C) groups is 1. The summed E-state index contributed by atoms with van der Waals surface area (Å²) < 4.78 is 0. The van der Waals surface area contributed by atoms with Gasteiger partial charge in [-0.15, -0.1) is 0 Å². The molecule has 2 atom stereocenters. The molecular formula is C14H27N3S. The van der Waals surface area contributed by atoms with E-state index in [2.05, 4.69) is 31.0 Å². The fourth-order valence-electron chi connectivity index (χ4n) is 2.85. The summed E-state index contributed by atoms with van der Waals surface area (Å²) in [5, 5.41) is 4.79. The zero-order valence-electron chi connectivity index (χ0n) is 12.0. The zero-order chi connectivity index (χ0) is 13.0. The molecule has 0 radical (unpaired) electrons. The van der Waals surface area contributed by atoms with Crippen molar-refractivity contribution in [3.05, 3.63) is 0 Å². The molecule has 3 nitrogen and oxygen atoms in total. The maximum absolute atomic E-state index is 4.82. The highest BCUT2D eigenvalue weighted by Gasteiger charge is 2.24. The van der Waals surface area contributed by atoms with E-state index in [-0.39, 0.29) is 0 Å². The summed E-state index contributed by atoms with van der Waals surface area (Å²) in [5.74, 6) is 1.92. The van der Waals surface area contributed by atoms with E-state index in [0.717, 1.165) is 6.54 Å². The van der Waals surface area contributed by atoms with Gasteiger partial charge >= 0.3 is 0 Å². The van der Waals surface area contributed by atoms with Crippen LogP contribution in [-0.2, 0) is 0 Å². The van der Waals surface area contributed by atoms with Gasteiger partial charge in [0.2, 0.25) is 0 Å². The first-order chi connectivity index (χ1) is 8.70. The fourth-order valence-corrected chi connectivity index (χ4v) is 3.82. The van der Waals surface area contributed by atoms with Gasteiger partial charge in [-0.1, -0.05) is 32.5 Å². The number of nitrogens with one attached hydrogen (secondary N) is 1. The second-order valence-corrected chi connectivity index (χ2v) is 6.79. The molecule has 0 aromatic heterocycles. The highest BCUT2D eigenvalue weighted by atomic mass is 32.2. The molecule has 2 rings (SSSR count). The molecule has 0 bridgehead atoms. The molecule has 0 aromatic carbocycles. The van der Waals surface area contributed by atoms with Crippen molar-refractivity contribution in [3.63, 3.8) is 0 Å². The topological polar surface area (TPSA) is 27.6 Å². The lowest BCUT2D eigenvalue weighted by Gasteiger charge is -2.29. The Kier molecular flexibility index (Phi) is 5.37. The minimum absolute atomic E-state index is 0.621. The Morgan fingerprint density at radius 3 is 3.00 bits per heavy atom. The van der Waals surface area contributed by atoms with Crippen LogP contribution in [0.2, 0.25) is 0 Å². The van der Waals surface area contributed by atoms with E-state index in [1.165, 1.54) is 43.3 Å². The summed E-state index contributed by atoms with van der Waals surface area (Å²) in [4.78, 5) is 7.39. The number of likely N-dealkylation sites (N-methyl/N-ethyl adjacent to an activating group) is 1. The van der Waals surface area contributed by atoms with Crippen molar-refractivity contribution in [1.29, 1.82) is 0 Å². The number of hydrogen-bond donors (Lipinski definition) is 1. The molecule has 0 amide bonds. The van der Waals surface area contributed by atoms with Crippen molar-refractivity contribution in [2.24, 2.45) is 10.9 Å². The Hall–Kier alpha value is -0.220. The Bertz CT molecular complexity index is 291. The Morgan fingerprint density at radius 1 is 1.44 bits per heavy atom. The molecule has 0 saturated carbocycles. The molecule has 2 aliphatic rings. The van der Waals surface area contributed by atoms with Crippen molar-refractivity contribution >= 4 is 16.9 Å². The van der Waals surface area contributed by atoms with E-state index in [4.69, 9.17) is 4.99 Å². The number of hydrogen-bond acceptors (Lipinski definition) is 3. The second-order valence-electron chi connectivity index (χ2n) is 5.70. The van der Waals surface area contributed by atoms with E-state index in [1.54, 1.807) is 0 Å². The standard InChI is InChI=1S/C14H27N3S/c1-4-17-8-5-6-12(17)10-15-14-16-13(11(2)3)7-9-18-14/h11-13H,4-10H2,1-3H3,(H,15,16). The van der Waals surface area contributed by atoms with Crippen LogP contribution in [0.15, 0.2) is 4.99 Å². The highest BCUT2D eigenvalue weighted by Crippen LogP contribution is 2.20. The van der Waals surface area contributed by atoms with Crippen LogP contribution < -0.4 is 5.32 Å². The fraction of sp³-hybridized carbons (Fsp3) is 0.929. The lowest BCUT2D eigenvalue weighted by atomic mass is 10.0. The van der Waals surface area contributed by atoms with E-state index in [0.29, 0.717) is 18.0 Å². The minimum atomic E-state index is 0.621. The van der Waals surface area contributed by atoms with Gasteiger partial charge in [-0.2, -0.15) is 0 Å². The van der Waals surface area contributed by atoms with Gasteiger partial charge in [0.15, 0.2) is 5.17 Å². The van der Waals surface area contributed by atoms with Crippen molar-refractivity contribution in [1.82, 2.24) is 10.2 Å². The third kappa shape index (κ3) is 3.64. The molecule has 0 spiro atoms. The van der Waals surface area contributed by atoms with Crippen LogP contribution in [0.3, 0.4) is 0 Å². The maximum Gasteiger partial charge on any atom is 0.156 e. The number of likely N-dealkylation sites (tertiary alicyclic amines) is 1. The van der Waals surface area contributed by atoms with E-state index in [9.17, 15) is 0 Å². The van der Waals surface area contributed by atoms with Gasteiger partial charge < -0.3 is 5.32 Å². The first-order valence-corrected chi connectivity index (χ1v) is 8.37. The zero-order valence-corrected chi connectivity index (χ0v) is 12.8. The Morgan fingerprint density at radius 2 is 2.28 bits per heavy atom. The minimum Gasteiger partial charge on any atom is -0.362 e. The van der Waals surface area contributed by atoms with Crippen LogP contribution in [0.25, 0.3) is 0 Å². The third-order valence-electron chi connectivity index (χ3n) is 4.13. The summed E-state index contributed by atoms with van der Waals surface area (Å²) in [6.07, 6.45) is 3.94. The van der Waals surface area contributed by atoms with Crippen LogP contribution in [0.4, 0.5) is 0 Å². The molecule has 4 heteroatoms. The van der Waals surface area contributed by atoms with E-state index >= 15 is 0 Å². The average molecular weight is 269 g/mol. The van der Waals surface area contributed by atoms with Gasteiger partial charge in [0.25, 0.3) is 0 Å². The second kappa shape index (κ2) is 6.80. The normalized spacial score (nSPS) is 32.1. The molecule has 0 aromatic rings. The lowest BCUT2D eigenvalue weighted by Crippen LogP contribution is -2.42. The predicted octanol–water partition coefficient (Wildman–Crippen LogP) is 2.58. The van der Waals surface area contributed by atoms with Crippen LogP contribution in [0.1, 0.15) is 40.0 Å². The SMILES string of the molecule is CCN1CCCC1CN=C1NC(C(C)C)CCS1. The van der Waals surface area contributed by atoms with Gasteiger partial charge in [0.05, 0.1) is 6.54 Å². The monoisotopic (exact) mass is 269 g/mol. The first kappa shape index (κ1) is 14.2. The number of thioether (sulfide) groups is 1. The highest BCUT2D eigenvalue weighted by molar-refractivity contribution is 8.13. The van der Waals surface area contributed by atoms with Gasteiger partial charge in [-0.25, -0.2) is 0 Å². The van der Waals surface area contributed by atoms with Crippen LogP contribution in [-0.4, -0.2) is 47.5 Å². The van der Waals surface area contributed by atoms with Crippen LogP contribution >= 0.6 is 11.8 Å². The van der Waals surface area contributed by atoms with Gasteiger partial charge in [-0.05, 0) is 38.3 Å². The molecule has 2 aliphatic heterocycles. The first-order valence-electron chi connectivity index (χ1n) is 7.38. The molecule has 2 heterocycles. The van der Waals surface area contributed by atoms with E-state index in [1.807, 2.05) is 11.8 Å². The Labute approximate surface area is 116 Å². The summed E-state index contributed by atoms with van der Waals surface area (Å²) in [7, 11) is 0. The van der Waals surface area contributed by atoms with Crippen molar-refractivity contribution in [3.8, 4) is 0 Å². The molecule has 104 valence electrons. The Balaban J connectivity index is 1.85. The van der Waals surface area contributed by atoms with Crippen molar-refractivity contribution in [2.75, 3.05) is 25.4 Å². The van der Waals surface area contributed by atoms with Gasteiger partial charge in [0, 0.05) is 17.8 Å². The molecule has 2 unspecified atom stereocenters. The summed E-state index contributed by atoms with van der Waals surface area (Å²) in [5.41, 5.74) is 0. The summed E-state index contributed by atoms with van der Waals surface area (Å²) in [6, 6.07) is 1.31. The third-order valence-corrected chi connectivity index (χ3v) is 5.09. The summed E-state index contributed by atoms with van der Waals surface area (Å²) in [6.45, 7) is 10.3. The van der Waals surface area contributed by atoms with Crippen molar-refractivity contribution in [2.45, 2.75) is 52.1 Å². The smallest absolute Gasteiger partial charge is 0.156 e. The average Bonchev–Trinajstić information content (AvgIpc) is 2.84. The van der Waals surface area contributed by atoms with Crippen LogP contribution in [0.5, 0.6) is 0 Å². The predicted molar refractivity (Wildman–Crippen MR) is 81.4 cm³/mol. The lowest BCUT2D eigenvalue weighted by molar-refractivity contribution is 0.273. The van der Waals surface area contributed by atoms with E-state index < -0.39 is 0 Å². The molecule has 2 saturated heterocycles. The molecule has 2 fully saturated rings. The number of rotatable bonds is 4. The van der Waals surface area contributed by atoms with Crippen molar-refractivity contribution < 1.29 is 0 Å². The van der Waals surface area contributed by atoms with Crippen LogP contribution in [0, 0.1) is 5.92 Å². The molecule has 18 heavy (non-hydrogen) atoms. The van der Waals surface area contributed by atoms with Gasteiger partial charge in [0.1, 0.15) is 0 Å². The molecule has 0 aliphatic carbocycles.